The van der Waals surface area contributed by atoms with E-state index in [1.54, 1.807) is 18.2 Å². The predicted molar refractivity (Wildman–Crippen MR) is 107 cm³/mol. The summed E-state index contributed by atoms with van der Waals surface area (Å²) in [4.78, 5) is 14.9. The smallest absolute Gasteiger partial charge is 0.270 e. The van der Waals surface area contributed by atoms with E-state index in [0.717, 1.165) is 11.3 Å². The Labute approximate surface area is 166 Å². The van der Waals surface area contributed by atoms with E-state index in [4.69, 9.17) is 22.1 Å². The van der Waals surface area contributed by atoms with Gasteiger partial charge in [0.1, 0.15) is 23.2 Å². The molecule has 0 fully saturated rings. The Morgan fingerprint density at radius 3 is 2.54 bits per heavy atom. The Morgan fingerprint density at radius 2 is 1.93 bits per heavy atom. The van der Waals surface area contributed by atoms with Gasteiger partial charge in [0.2, 0.25) is 0 Å². The van der Waals surface area contributed by atoms with Gasteiger partial charge in [-0.05, 0) is 43.3 Å². The average molecular weight is 395 g/mol. The molecule has 0 amide bonds. The number of rotatable bonds is 5. The molecule has 0 aliphatic rings. The van der Waals surface area contributed by atoms with E-state index in [-0.39, 0.29) is 22.1 Å². The number of nitrogen functional groups attached to an aromatic ring is 1. The van der Waals surface area contributed by atoms with Gasteiger partial charge in [-0.2, -0.15) is 5.26 Å². The fourth-order valence-electron chi connectivity index (χ4n) is 2.76. The van der Waals surface area contributed by atoms with Crippen molar-refractivity contribution in [3.8, 4) is 34.2 Å². The zero-order valence-electron chi connectivity index (χ0n) is 14.8. The number of halogens is 1. The van der Waals surface area contributed by atoms with Crippen molar-refractivity contribution in [3.63, 3.8) is 0 Å². The minimum absolute atomic E-state index is 0.0199. The van der Waals surface area contributed by atoms with Crippen LogP contribution in [0, 0.1) is 21.4 Å². The first-order valence-electron chi connectivity index (χ1n) is 8.32. The third kappa shape index (κ3) is 3.72. The van der Waals surface area contributed by atoms with Gasteiger partial charge in [-0.3, -0.25) is 10.1 Å². The second-order valence-electron chi connectivity index (χ2n) is 5.81. The Balaban J connectivity index is 2.18. The van der Waals surface area contributed by atoms with Gasteiger partial charge in [-0.15, -0.1) is 0 Å². The van der Waals surface area contributed by atoms with Crippen LogP contribution in [0.15, 0.2) is 48.5 Å². The lowest BCUT2D eigenvalue weighted by Gasteiger charge is -2.12. The number of pyridine rings is 1. The molecule has 1 aromatic heterocycles. The molecule has 3 aromatic rings. The lowest BCUT2D eigenvalue weighted by molar-refractivity contribution is -0.384. The first-order chi connectivity index (χ1) is 13.4. The second kappa shape index (κ2) is 7.94. The van der Waals surface area contributed by atoms with Crippen LogP contribution in [-0.2, 0) is 0 Å². The molecule has 0 spiro atoms. The van der Waals surface area contributed by atoms with Gasteiger partial charge in [-0.25, -0.2) is 4.98 Å². The summed E-state index contributed by atoms with van der Waals surface area (Å²) in [5.74, 6) is 0.737. The molecule has 2 N–H and O–H groups in total. The van der Waals surface area contributed by atoms with Crippen molar-refractivity contribution in [1.29, 1.82) is 5.26 Å². The summed E-state index contributed by atoms with van der Waals surface area (Å²) in [5.41, 5.74) is 7.96. The van der Waals surface area contributed by atoms with Crippen LogP contribution in [0.5, 0.6) is 5.75 Å². The van der Waals surface area contributed by atoms with Crippen LogP contribution in [0.4, 0.5) is 11.5 Å². The SMILES string of the molecule is CCOc1ccc(-c2cc(-c3cc([N+](=O)[O-])ccc3Cl)c(C#N)c(N)n2)cc1. The Morgan fingerprint density at radius 1 is 1.21 bits per heavy atom. The maximum atomic E-state index is 11.1. The van der Waals surface area contributed by atoms with Crippen LogP contribution in [-0.4, -0.2) is 16.5 Å². The lowest BCUT2D eigenvalue weighted by Crippen LogP contribution is -2.00. The molecule has 0 aliphatic carbocycles. The summed E-state index contributed by atoms with van der Waals surface area (Å²) >= 11 is 6.26. The van der Waals surface area contributed by atoms with Gasteiger partial charge >= 0.3 is 0 Å². The first kappa shape index (κ1) is 19.1. The number of nitro benzene ring substituents is 1. The first-order valence-corrected chi connectivity index (χ1v) is 8.70. The van der Waals surface area contributed by atoms with Crippen molar-refractivity contribution in [2.75, 3.05) is 12.3 Å². The number of nitro groups is 1. The van der Waals surface area contributed by atoms with Gasteiger partial charge in [0.15, 0.2) is 0 Å². The Bertz CT molecular complexity index is 1090. The quantitative estimate of drug-likeness (QED) is 0.489. The second-order valence-corrected chi connectivity index (χ2v) is 6.21. The van der Waals surface area contributed by atoms with Crippen molar-refractivity contribution in [1.82, 2.24) is 4.98 Å². The van der Waals surface area contributed by atoms with Crippen LogP contribution in [0.25, 0.3) is 22.4 Å². The minimum atomic E-state index is -0.524. The summed E-state index contributed by atoms with van der Waals surface area (Å²) in [6.07, 6.45) is 0. The molecule has 0 aliphatic heterocycles. The fourth-order valence-corrected chi connectivity index (χ4v) is 2.98. The van der Waals surface area contributed by atoms with E-state index >= 15 is 0 Å². The molecule has 140 valence electrons. The molecule has 1 heterocycles. The molecule has 8 heteroatoms. The minimum Gasteiger partial charge on any atom is -0.494 e. The highest BCUT2D eigenvalue weighted by Gasteiger charge is 2.18. The van der Waals surface area contributed by atoms with Crippen molar-refractivity contribution in [2.24, 2.45) is 0 Å². The van der Waals surface area contributed by atoms with Gasteiger partial charge in [-0.1, -0.05) is 11.6 Å². The molecule has 0 unspecified atom stereocenters. The average Bonchev–Trinajstić information content (AvgIpc) is 2.68. The molecule has 2 aromatic carbocycles. The number of hydrogen-bond donors (Lipinski definition) is 1. The van der Waals surface area contributed by atoms with E-state index in [9.17, 15) is 15.4 Å². The van der Waals surface area contributed by atoms with E-state index in [1.165, 1.54) is 18.2 Å². The zero-order valence-corrected chi connectivity index (χ0v) is 15.6. The molecule has 0 atom stereocenters. The molecule has 0 saturated heterocycles. The number of ether oxygens (including phenoxy) is 1. The Hall–Kier alpha value is -3.63. The third-order valence-corrected chi connectivity index (χ3v) is 4.40. The van der Waals surface area contributed by atoms with Crippen molar-refractivity contribution >= 4 is 23.1 Å². The van der Waals surface area contributed by atoms with Crippen LogP contribution in [0.3, 0.4) is 0 Å². The highest BCUT2D eigenvalue weighted by molar-refractivity contribution is 6.33. The molecule has 0 saturated carbocycles. The number of aromatic nitrogens is 1. The van der Waals surface area contributed by atoms with Crippen LogP contribution in [0.2, 0.25) is 5.02 Å². The third-order valence-electron chi connectivity index (χ3n) is 4.07. The van der Waals surface area contributed by atoms with Gasteiger partial charge < -0.3 is 10.5 Å². The number of non-ortho nitro benzene ring substituents is 1. The van der Waals surface area contributed by atoms with E-state index in [1.807, 2.05) is 25.1 Å². The number of hydrogen-bond acceptors (Lipinski definition) is 6. The number of benzene rings is 2. The summed E-state index contributed by atoms with van der Waals surface area (Å²) in [6, 6.07) is 14.9. The normalized spacial score (nSPS) is 10.3. The van der Waals surface area contributed by atoms with Crippen LogP contribution in [0.1, 0.15) is 12.5 Å². The maximum absolute atomic E-state index is 11.1. The number of anilines is 1. The highest BCUT2D eigenvalue weighted by Crippen LogP contribution is 2.37. The summed E-state index contributed by atoms with van der Waals surface area (Å²) < 4.78 is 5.43. The van der Waals surface area contributed by atoms with Gasteiger partial charge in [0.25, 0.3) is 5.69 Å². The largest absolute Gasteiger partial charge is 0.494 e. The Kier molecular flexibility index (Phi) is 5.43. The number of nitrogens with two attached hydrogens (primary N) is 1. The molecule has 0 radical (unpaired) electrons. The van der Waals surface area contributed by atoms with Crippen molar-refractivity contribution in [3.05, 3.63) is 69.2 Å². The fraction of sp³-hybridized carbons (Fsp3) is 0.100. The van der Waals surface area contributed by atoms with E-state index in [2.05, 4.69) is 4.98 Å². The number of nitriles is 1. The molecule has 3 rings (SSSR count). The molecule has 28 heavy (non-hydrogen) atoms. The molecular formula is C20H15ClN4O3. The topological polar surface area (TPSA) is 115 Å². The summed E-state index contributed by atoms with van der Waals surface area (Å²) in [7, 11) is 0. The van der Waals surface area contributed by atoms with Crippen molar-refractivity contribution < 1.29 is 9.66 Å². The summed E-state index contributed by atoms with van der Waals surface area (Å²) in [5, 5.41) is 20.9. The number of nitrogens with zero attached hydrogens (tertiary/aromatic N) is 3. The molecule has 7 nitrogen and oxygen atoms in total. The monoisotopic (exact) mass is 394 g/mol. The van der Waals surface area contributed by atoms with Crippen LogP contribution >= 0.6 is 11.6 Å². The maximum Gasteiger partial charge on any atom is 0.270 e. The van der Waals surface area contributed by atoms with Crippen molar-refractivity contribution in [2.45, 2.75) is 6.92 Å². The van der Waals surface area contributed by atoms with Gasteiger partial charge in [0, 0.05) is 33.8 Å². The molecule has 0 bridgehead atoms. The predicted octanol–water partition coefficient (Wildman–Crippen LogP) is 4.83. The highest BCUT2D eigenvalue weighted by atomic mass is 35.5. The molecular weight excluding hydrogens is 380 g/mol. The van der Waals surface area contributed by atoms with Crippen LogP contribution < -0.4 is 10.5 Å². The zero-order chi connectivity index (χ0) is 20.3. The van der Waals surface area contributed by atoms with E-state index < -0.39 is 4.92 Å². The summed E-state index contributed by atoms with van der Waals surface area (Å²) in [6.45, 7) is 2.45. The standard InChI is InChI=1S/C20H15ClN4O3/c1-2-28-14-6-3-12(4-7-14)19-10-15(17(11-22)20(23)24-19)16-9-13(25(26)27)5-8-18(16)21/h3-10H,2H2,1H3,(H2,23,24). The van der Waals surface area contributed by atoms with Gasteiger partial charge in [0.05, 0.1) is 17.2 Å². The lowest BCUT2D eigenvalue weighted by atomic mass is 9.98. The van der Waals surface area contributed by atoms with E-state index in [0.29, 0.717) is 23.4 Å².